The third-order valence-corrected chi connectivity index (χ3v) is 4.59. The first-order chi connectivity index (χ1) is 13.6. The molecule has 0 aliphatic heterocycles. The van der Waals surface area contributed by atoms with Gasteiger partial charge in [-0.1, -0.05) is 74.5 Å². The Morgan fingerprint density at radius 3 is 2.14 bits per heavy atom. The van der Waals surface area contributed by atoms with Crippen LogP contribution in [0.1, 0.15) is 43.9 Å². The van der Waals surface area contributed by atoms with Crippen molar-refractivity contribution in [2.75, 3.05) is 6.73 Å². The van der Waals surface area contributed by atoms with E-state index < -0.39 is 18.9 Å². The molecule has 0 aliphatic carbocycles. The molecule has 0 spiro atoms. The zero-order valence-electron chi connectivity index (χ0n) is 16.4. The Balaban J connectivity index is 2.02. The molecule has 2 N–H and O–H groups in total. The summed E-state index contributed by atoms with van der Waals surface area (Å²) in [6, 6.07) is 17.8. The van der Waals surface area contributed by atoms with Gasteiger partial charge in [-0.05, 0) is 24.0 Å². The number of alkyl carbamates (subject to hydrolysis) is 1. The van der Waals surface area contributed by atoms with Gasteiger partial charge in [0.15, 0.2) is 0 Å². The standard InChI is InChI=1S/C22H28N2O4/c1-3-19(23-22(27)28-15-17-11-7-5-8-12-17)21(26)24(16-25)20(4-2)18-13-9-6-10-14-18/h5-14,19-20,25H,3-4,15-16H2,1-2H3,(H,23,27)/t19?,20-/m0/s1. The van der Waals surface area contributed by atoms with E-state index >= 15 is 0 Å². The van der Waals surface area contributed by atoms with Crippen LogP contribution in [0, 0.1) is 0 Å². The molecule has 2 amide bonds. The highest BCUT2D eigenvalue weighted by Gasteiger charge is 2.29. The van der Waals surface area contributed by atoms with Gasteiger partial charge in [-0.25, -0.2) is 4.79 Å². The Hall–Kier alpha value is -2.86. The fourth-order valence-corrected chi connectivity index (χ4v) is 3.08. The summed E-state index contributed by atoms with van der Waals surface area (Å²) < 4.78 is 5.21. The van der Waals surface area contributed by atoms with Crippen molar-refractivity contribution in [1.29, 1.82) is 0 Å². The second kappa shape index (κ2) is 11.1. The van der Waals surface area contributed by atoms with Gasteiger partial charge >= 0.3 is 6.09 Å². The van der Waals surface area contributed by atoms with Gasteiger partial charge in [0, 0.05) is 0 Å². The van der Waals surface area contributed by atoms with Crippen LogP contribution in [0.3, 0.4) is 0 Å². The Bertz CT molecular complexity index is 737. The number of amides is 2. The summed E-state index contributed by atoms with van der Waals surface area (Å²) in [6.07, 6.45) is 0.376. The molecule has 2 aromatic carbocycles. The van der Waals surface area contributed by atoms with Crippen molar-refractivity contribution in [1.82, 2.24) is 10.2 Å². The number of benzene rings is 2. The monoisotopic (exact) mass is 384 g/mol. The number of nitrogens with one attached hydrogen (secondary N) is 1. The van der Waals surface area contributed by atoms with Gasteiger partial charge < -0.3 is 20.1 Å². The minimum absolute atomic E-state index is 0.128. The summed E-state index contributed by atoms with van der Waals surface area (Å²) >= 11 is 0. The van der Waals surface area contributed by atoms with Gasteiger partial charge in [0.05, 0.1) is 6.04 Å². The summed E-state index contributed by atoms with van der Waals surface area (Å²) in [5.41, 5.74) is 1.80. The lowest BCUT2D eigenvalue weighted by Gasteiger charge is -2.32. The largest absolute Gasteiger partial charge is 0.445 e. The molecule has 1 unspecified atom stereocenters. The third-order valence-electron chi connectivity index (χ3n) is 4.59. The van der Waals surface area contributed by atoms with Crippen LogP contribution in [-0.2, 0) is 16.1 Å². The average molecular weight is 384 g/mol. The van der Waals surface area contributed by atoms with Gasteiger partial charge in [0.25, 0.3) is 0 Å². The number of hydrogen-bond acceptors (Lipinski definition) is 4. The second-order valence-electron chi connectivity index (χ2n) is 6.45. The van der Waals surface area contributed by atoms with E-state index in [4.69, 9.17) is 4.74 Å². The minimum Gasteiger partial charge on any atom is -0.445 e. The molecule has 0 saturated carbocycles. The fraction of sp³-hybridized carbons (Fsp3) is 0.364. The number of hydrogen-bond donors (Lipinski definition) is 2. The van der Waals surface area contributed by atoms with Gasteiger partial charge in [0.2, 0.25) is 5.91 Å². The molecule has 0 bridgehead atoms. The molecular weight excluding hydrogens is 356 g/mol. The van der Waals surface area contributed by atoms with Crippen LogP contribution in [0.2, 0.25) is 0 Å². The summed E-state index contributed by atoms with van der Waals surface area (Å²) in [7, 11) is 0. The fourth-order valence-electron chi connectivity index (χ4n) is 3.08. The quantitative estimate of drug-likeness (QED) is 0.647. The van der Waals surface area contributed by atoms with Crippen molar-refractivity contribution in [3.05, 3.63) is 71.8 Å². The minimum atomic E-state index is -0.770. The van der Waals surface area contributed by atoms with Crippen molar-refractivity contribution in [3.8, 4) is 0 Å². The van der Waals surface area contributed by atoms with E-state index in [1.54, 1.807) is 6.92 Å². The number of carbonyl (C=O) groups is 2. The number of carbonyl (C=O) groups excluding carboxylic acids is 2. The van der Waals surface area contributed by atoms with E-state index in [0.717, 1.165) is 11.1 Å². The van der Waals surface area contributed by atoms with E-state index in [9.17, 15) is 14.7 Å². The van der Waals surface area contributed by atoms with Gasteiger partial charge in [-0.2, -0.15) is 0 Å². The van der Waals surface area contributed by atoms with E-state index in [1.807, 2.05) is 67.6 Å². The SMILES string of the molecule is CCC(NC(=O)OCc1ccccc1)C(=O)N(CO)[C@@H](CC)c1ccccc1. The molecule has 0 aromatic heterocycles. The van der Waals surface area contributed by atoms with Crippen LogP contribution in [0.5, 0.6) is 0 Å². The van der Waals surface area contributed by atoms with Crippen molar-refractivity contribution < 1.29 is 19.4 Å². The highest BCUT2D eigenvalue weighted by Crippen LogP contribution is 2.24. The van der Waals surface area contributed by atoms with Crippen molar-refractivity contribution in [2.24, 2.45) is 0 Å². The first-order valence-electron chi connectivity index (χ1n) is 9.54. The van der Waals surface area contributed by atoms with E-state index in [2.05, 4.69) is 5.32 Å². The van der Waals surface area contributed by atoms with Crippen LogP contribution in [0.4, 0.5) is 4.79 Å². The van der Waals surface area contributed by atoms with Crippen LogP contribution in [0.15, 0.2) is 60.7 Å². The first kappa shape index (κ1) is 21.4. The highest BCUT2D eigenvalue weighted by atomic mass is 16.5. The Morgan fingerprint density at radius 2 is 1.61 bits per heavy atom. The number of aliphatic hydroxyl groups excluding tert-OH is 1. The second-order valence-corrected chi connectivity index (χ2v) is 6.45. The van der Waals surface area contributed by atoms with Crippen molar-refractivity contribution in [3.63, 3.8) is 0 Å². The van der Waals surface area contributed by atoms with E-state index in [-0.39, 0.29) is 18.6 Å². The molecule has 150 valence electrons. The normalized spacial score (nSPS) is 12.7. The van der Waals surface area contributed by atoms with Crippen LogP contribution < -0.4 is 5.32 Å². The van der Waals surface area contributed by atoms with Crippen molar-refractivity contribution in [2.45, 2.75) is 45.4 Å². The number of aliphatic hydroxyl groups is 1. The summed E-state index contributed by atoms with van der Waals surface area (Å²) in [5, 5.41) is 12.5. The lowest BCUT2D eigenvalue weighted by molar-refractivity contribution is -0.140. The third kappa shape index (κ3) is 5.82. The van der Waals surface area contributed by atoms with Gasteiger partial charge in [-0.15, -0.1) is 0 Å². The smallest absolute Gasteiger partial charge is 0.408 e. The van der Waals surface area contributed by atoms with Crippen LogP contribution >= 0.6 is 0 Å². The Labute approximate surface area is 166 Å². The first-order valence-corrected chi connectivity index (χ1v) is 9.54. The maximum atomic E-state index is 13.0. The van der Waals surface area contributed by atoms with Gasteiger partial charge in [0.1, 0.15) is 19.4 Å². The zero-order valence-corrected chi connectivity index (χ0v) is 16.4. The number of ether oxygens (including phenoxy) is 1. The highest BCUT2D eigenvalue weighted by molar-refractivity contribution is 5.86. The number of nitrogens with zero attached hydrogens (tertiary/aromatic N) is 1. The van der Waals surface area contributed by atoms with Crippen LogP contribution in [0.25, 0.3) is 0 Å². The molecule has 0 aliphatic rings. The molecule has 2 atom stereocenters. The molecule has 6 heteroatoms. The Morgan fingerprint density at radius 1 is 1.00 bits per heavy atom. The number of rotatable bonds is 9. The summed E-state index contributed by atoms with van der Waals surface area (Å²) in [6.45, 7) is 3.46. The molecule has 0 heterocycles. The predicted molar refractivity (Wildman–Crippen MR) is 107 cm³/mol. The maximum Gasteiger partial charge on any atom is 0.408 e. The molecule has 2 aromatic rings. The van der Waals surface area contributed by atoms with Gasteiger partial charge in [-0.3, -0.25) is 4.79 Å². The molecule has 28 heavy (non-hydrogen) atoms. The van der Waals surface area contributed by atoms with Crippen LogP contribution in [-0.4, -0.2) is 34.8 Å². The lowest BCUT2D eigenvalue weighted by Crippen LogP contribution is -2.49. The lowest BCUT2D eigenvalue weighted by atomic mass is 10.0. The molecule has 0 saturated heterocycles. The van der Waals surface area contributed by atoms with Crippen molar-refractivity contribution >= 4 is 12.0 Å². The average Bonchev–Trinajstić information content (AvgIpc) is 2.75. The molecule has 0 radical (unpaired) electrons. The molecule has 0 fully saturated rings. The predicted octanol–water partition coefficient (Wildman–Crippen LogP) is 3.62. The molecular formula is C22H28N2O4. The summed E-state index contributed by atoms with van der Waals surface area (Å²) in [5.74, 6) is -0.336. The maximum absolute atomic E-state index is 13.0. The topological polar surface area (TPSA) is 78.9 Å². The molecule has 6 nitrogen and oxygen atoms in total. The zero-order chi connectivity index (χ0) is 20.4. The van der Waals surface area contributed by atoms with E-state index in [1.165, 1.54) is 4.90 Å². The summed E-state index contributed by atoms with van der Waals surface area (Å²) in [4.78, 5) is 26.5. The molecule has 2 rings (SSSR count). The van der Waals surface area contributed by atoms with E-state index in [0.29, 0.717) is 12.8 Å². The Kier molecular flexibility index (Phi) is 8.49.